The summed E-state index contributed by atoms with van der Waals surface area (Å²) in [5, 5.41) is 0. The molecule has 0 saturated carbocycles. The van der Waals surface area contributed by atoms with Gasteiger partial charge in [0.05, 0.1) is 0 Å². The van der Waals surface area contributed by atoms with Gasteiger partial charge in [-0.05, 0) is 141 Å². The molecule has 0 fully saturated rings. The Bertz CT molecular complexity index is 1920. The van der Waals surface area contributed by atoms with Crippen molar-refractivity contribution in [2.75, 3.05) is 13.2 Å². The van der Waals surface area contributed by atoms with E-state index in [-0.39, 0.29) is 31.1 Å². The number of carbonyl (C=O) groups excluding carboxylic acids is 3. The maximum atomic E-state index is 12.9. The molecule has 0 aromatic carbocycles. The van der Waals surface area contributed by atoms with Crippen LogP contribution in [0.3, 0.4) is 0 Å². The number of ether oxygens (including phenoxy) is 3. The average molecular weight is 1130 g/mol. The van der Waals surface area contributed by atoms with Crippen molar-refractivity contribution in [1.29, 1.82) is 0 Å². The summed E-state index contributed by atoms with van der Waals surface area (Å²) in [6.45, 7) is 6.33. The van der Waals surface area contributed by atoms with E-state index in [9.17, 15) is 14.4 Å². The number of hydrogen-bond donors (Lipinski definition) is 0. The number of carbonyl (C=O) groups is 3. The van der Waals surface area contributed by atoms with Crippen molar-refractivity contribution in [1.82, 2.24) is 0 Å². The Morgan fingerprint density at radius 1 is 0.256 bits per heavy atom. The van der Waals surface area contributed by atoms with Crippen LogP contribution in [0.4, 0.5) is 0 Å². The number of allylic oxidation sites excluding steroid dienone is 30. The molecule has 458 valence electrons. The molecule has 0 bridgehead atoms. The van der Waals surface area contributed by atoms with E-state index in [4.69, 9.17) is 14.2 Å². The lowest BCUT2D eigenvalue weighted by Gasteiger charge is -2.18. The Hall–Kier alpha value is -5.49. The fraction of sp³-hybridized carbons (Fsp3) is 0.566. The van der Waals surface area contributed by atoms with Crippen molar-refractivity contribution < 1.29 is 28.6 Å². The summed E-state index contributed by atoms with van der Waals surface area (Å²) in [4.78, 5) is 38.2. The van der Waals surface area contributed by atoms with Crippen molar-refractivity contribution in [2.24, 2.45) is 0 Å². The van der Waals surface area contributed by atoms with Crippen LogP contribution in [0.5, 0.6) is 0 Å². The summed E-state index contributed by atoms with van der Waals surface area (Å²) in [5.41, 5.74) is 0. The first-order valence-corrected chi connectivity index (χ1v) is 32.8. The van der Waals surface area contributed by atoms with Gasteiger partial charge in [-0.2, -0.15) is 0 Å². The highest BCUT2D eigenvalue weighted by molar-refractivity contribution is 5.71. The first-order valence-electron chi connectivity index (χ1n) is 32.8. The van der Waals surface area contributed by atoms with Gasteiger partial charge in [-0.1, -0.05) is 280 Å². The summed E-state index contributed by atoms with van der Waals surface area (Å²) in [6.07, 6.45) is 102. The van der Waals surface area contributed by atoms with Crippen LogP contribution < -0.4 is 0 Å². The van der Waals surface area contributed by atoms with Crippen LogP contribution in [-0.4, -0.2) is 37.2 Å². The second kappa shape index (κ2) is 68.0. The normalized spacial score (nSPS) is 13.4. The van der Waals surface area contributed by atoms with Crippen LogP contribution >= 0.6 is 0 Å². The molecule has 0 spiro atoms. The minimum atomic E-state index is -0.808. The zero-order valence-corrected chi connectivity index (χ0v) is 52.4. The Labute approximate surface area is 504 Å². The molecule has 6 heteroatoms. The molecular formula is C76H118O6. The molecule has 0 aromatic rings. The van der Waals surface area contributed by atoms with Gasteiger partial charge in [-0.3, -0.25) is 14.4 Å². The summed E-state index contributed by atoms with van der Waals surface area (Å²) < 4.78 is 16.8. The highest BCUT2D eigenvalue weighted by atomic mass is 16.6. The van der Waals surface area contributed by atoms with Gasteiger partial charge in [-0.15, -0.1) is 0 Å². The fourth-order valence-corrected chi connectivity index (χ4v) is 8.32. The molecule has 0 aliphatic heterocycles. The lowest BCUT2D eigenvalue weighted by atomic mass is 10.1. The standard InChI is InChI=1S/C76H118O6/c1-4-7-10-13-16-19-21-23-25-27-29-31-33-35-37-38-40-41-43-45-47-49-51-53-55-57-60-63-66-69-75(78)81-72-73(71-80-74(77)68-65-62-59-18-15-12-9-6-3)82-76(79)70-67-64-61-58-56-54-52-50-48-46-44-42-39-36-34-32-30-28-26-24-22-20-17-14-11-8-5-2/h7-8,10-11,16-17,19-20,23-26,29-32,35-37,39-41,44-47,50-53,73H,4-6,9,12-15,18,21-22,27-28,33-34,38,42-43,48-49,54-72H2,1-3H3/b10-7-,11-8-,19-16-,20-17-,25-23-,26-24-,31-29-,32-30-,37-35-,39-36-,41-40-,46-44-,47-45-,52-50-,53-51-. The second-order valence-electron chi connectivity index (χ2n) is 20.9. The molecule has 0 aliphatic rings. The summed E-state index contributed by atoms with van der Waals surface area (Å²) in [7, 11) is 0. The van der Waals surface area contributed by atoms with Gasteiger partial charge in [0.25, 0.3) is 0 Å². The quantitative estimate of drug-likeness (QED) is 0.0261. The Balaban J connectivity index is 4.34. The van der Waals surface area contributed by atoms with Gasteiger partial charge in [0.15, 0.2) is 6.10 Å². The maximum absolute atomic E-state index is 12.9. The van der Waals surface area contributed by atoms with E-state index in [1.807, 2.05) is 0 Å². The SMILES string of the molecule is CC/C=C\C/C=C\C/C=C\C/C=C\C/C=C\C/C=C\C/C=C\C/C=C\CCCCCCC(=O)OCC(COC(=O)CCCCCCCCCC)OC(=O)CCCCCCC/C=C\C/C=C\C/C=C\C/C=C\C/C=C\C/C=C\C/C=C\CC. The van der Waals surface area contributed by atoms with Gasteiger partial charge < -0.3 is 14.2 Å². The second-order valence-corrected chi connectivity index (χ2v) is 20.9. The Kier molecular flexibility index (Phi) is 63.5. The number of unbranched alkanes of at least 4 members (excludes halogenated alkanes) is 16. The molecule has 0 saturated heterocycles. The molecule has 0 rings (SSSR count). The molecule has 1 unspecified atom stereocenters. The minimum Gasteiger partial charge on any atom is -0.462 e. The first-order chi connectivity index (χ1) is 40.5. The molecule has 1 atom stereocenters. The molecule has 0 aromatic heterocycles. The Morgan fingerprint density at radius 3 is 0.744 bits per heavy atom. The minimum absolute atomic E-state index is 0.102. The third kappa shape index (κ3) is 65.3. The third-order valence-corrected chi connectivity index (χ3v) is 13.2. The molecule has 0 heterocycles. The maximum Gasteiger partial charge on any atom is 0.306 e. The summed E-state index contributed by atoms with van der Waals surface area (Å²) in [5.74, 6) is -0.959. The lowest BCUT2D eigenvalue weighted by molar-refractivity contribution is -0.167. The summed E-state index contributed by atoms with van der Waals surface area (Å²) >= 11 is 0. The van der Waals surface area contributed by atoms with Crippen molar-refractivity contribution in [3.8, 4) is 0 Å². The van der Waals surface area contributed by atoms with Crippen molar-refractivity contribution in [3.63, 3.8) is 0 Å². The smallest absolute Gasteiger partial charge is 0.306 e. The Morgan fingerprint density at radius 2 is 0.476 bits per heavy atom. The first kappa shape index (κ1) is 76.5. The van der Waals surface area contributed by atoms with Crippen molar-refractivity contribution in [3.05, 3.63) is 182 Å². The zero-order chi connectivity index (χ0) is 59.2. The largest absolute Gasteiger partial charge is 0.462 e. The van der Waals surface area contributed by atoms with Gasteiger partial charge >= 0.3 is 17.9 Å². The average Bonchev–Trinajstić information content (AvgIpc) is 3.47. The van der Waals surface area contributed by atoms with E-state index in [0.29, 0.717) is 19.3 Å². The van der Waals surface area contributed by atoms with Gasteiger partial charge in [-0.25, -0.2) is 0 Å². The van der Waals surface area contributed by atoms with Crippen molar-refractivity contribution in [2.45, 2.75) is 264 Å². The molecule has 82 heavy (non-hydrogen) atoms. The van der Waals surface area contributed by atoms with E-state index in [0.717, 1.165) is 186 Å². The monoisotopic (exact) mass is 1130 g/mol. The van der Waals surface area contributed by atoms with Crippen LogP contribution in [-0.2, 0) is 28.6 Å². The molecule has 0 radical (unpaired) electrons. The fourth-order valence-electron chi connectivity index (χ4n) is 8.32. The lowest BCUT2D eigenvalue weighted by Crippen LogP contribution is -2.30. The van der Waals surface area contributed by atoms with E-state index in [1.165, 1.54) is 32.1 Å². The van der Waals surface area contributed by atoms with Gasteiger partial charge in [0.1, 0.15) is 13.2 Å². The van der Waals surface area contributed by atoms with E-state index < -0.39 is 6.10 Å². The number of hydrogen-bond acceptors (Lipinski definition) is 6. The van der Waals surface area contributed by atoms with E-state index in [1.54, 1.807) is 0 Å². The topological polar surface area (TPSA) is 78.9 Å². The predicted octanol–water partition coefficient (Wildman–Crippen LogP) is 22.8. The van der Waals surface area contributed by atoms with E-state index in [2.05, 4.69) is 203 Å². The third-order valence-electron chi connectivity index (χ3n) is 13.2. The summed E-state index contributed by atoms with van der Waals surface area (Å²) in [6, 6.07) is 0. The molecule has 0 amide bonds. The molecule has 0 N–H and O–H groups in total. The number of esters is 3. The molecular weight excluding hydrogens is 1010 g/mol. The highest BCUT2D eigenvalue weighted by Gasteiger charge is 2.19. The van der Waals surface area contributed by atoms with Crippen molar-refractivity contribution >= 4 is 17.9 Å². The van der Waals surface area contributed by atoms with Gasteiger partial charge in [0, 0.05) is 19.3 Å². The zero-order valence-electron chi connectivity index (χ0n) is 52.4. The van der Waals surface area contributed by atoms with Crippen LogP contribution in [0.2, 0.25) is 0 Å². The van der Waals surface area contributed by atoms with Gasteiger partial charge in [0.2, 0.25) is 0 Å². The molecule has 0 aliphatic carbocycles. The van der Waals surface area contributed by atoms with E-state index >= 15 is 0 Å². The van der Waals surface area contributed by atoms with Crippen LogP contribution in [0, 0.1) is 0 Å². The highest BCUT2D eigenvalue weighted by Crippen LogP contribution is 2.14. The number of rotatable bonds is 57. The predicted molar refractivity (Wildman–Crippen MR) is 357 cm³/mol. The van der Waals surface area contributed by atoms with Crippen LogP contribution in [0.1, 0.15) is 258 Å². The molecule has 6 nitrogen and oxygen atoms in total. The van der Waals surface area contributed by atoms with Crippen LogP contribution in [0.25, 0.3) is 0 Å². The van der Waals surface area contributed by atoms with Crippen LogP contribution in [0.15, 0.2) is 182 Å².